The van der Waals surface area contributed by atoms with Crippen LogP contribution < -0.4 is 5.32 Å². The molecule has 4 heteroatoms. The van der Waals surface area contributed by atoms with Crippen molar-refractivity contribution in [2.24, 2.45) is 11.3 Å². The molecule has 1 fully saturated rings. The van der Waals surface area contributed by atoms with Crippen LogP contribution in [0.3, 0.4) is 0 Å². The maximum atomic E-state index is 5.09. The second kappa shape index (κ2) is 6.61. The molecule has 1 aromatic rings. The van der Waals surface area contributed by atoms with E-state index < -0.39 is 0 Å². The van der Waals surface area contributed by atoms with E-state index in [1.807, 2.05) is 10.9 Å². The molecule has 0 saturated heterocycles. The molecular weight excluding hydrogens is 250 g/mol. The summed E-state index contributed by atoms with van der Waals surface area (Å²) in [6.07, 6.45) is 9.33. The smallest absolute Gasteiger partial charge is 0.0728 e. The highest BCUT2D eigenvalue weighted by molar-refractivity contribution is 5.39. The topological polar surface area (TPSA) is 39.1 Å². The van der Waals surface area contributed by atoms with Crippen LogP contribution >= 0.6 is 0 Å². The number of aromatic nitrogens is 2. The normalized spacial score (nSPS) is 23.8. The van der Waals surface area contributed by atoms with Crippen LogP contribution in [0.1, 0.15) is 46.5 Å². The minimum Gasteiger partial charge on any atom is -0.383 e. The van der Waals surface area contributed by atoms with E-state index in [1.165, 1.54) is 25.7 Å². The van der Waals surface area contributed by atoms with E-state index in [0.29, 0.717) is 18.1 Å². The Hall–Kier alpha value is -1.03. The maximum Gasteiger partial charge on any atom is 0.0728 e. The summed E-state index contributed by atoms with van der Waals surface area (Å²) in [6.45, 7) is 8.60. The first kappa shape index (κ1) is 15.4. The number of methoxy groups -OCH3 is 1. The zero-order chi connectivity index (χ0) is 14.6. The number of nitrogens with one attached hydrogen (secondary N) is 1. The minimum absolute atomic E-state index is 0.365. The van der Waals surface area contributed by atoms with E-state index in [-0.39, 0.29) is 0 Å². The molecule has 0 bridgehead atoms. The summed E-state index contributed by atoms with van der Waals surface area (Å²) < 4.78 is 7.03. The fourth-order valence-corrected chi connectivity index (χ4v) is 3.30. The third kappa shape index (κ3) is 3.98. The van der Waals surface area contributed by atoms with E-state index in [9.17, 15) is 0 Å². The third-order valence-electron chi connectivity index (χ3n) is 4.39. The zero-order valence-electron chi connectivity index (χ0n) is 13.4. The predicted octanol–water partition coefficient (Wildman–Crippen LogP) is 3.55. The van der Waals surface area contributed by atoms with Crippen LogP contribution in [-0.4, -0.2) is 29.5 Å². The monoisotopic (exact) mass is 279 g/mol. The summed E-state index contributed by atoms with van der Waals surface area (Å²) in [7, 11) is 1.72. The van der Waals surface area contributed by atoms with Crippen LogP contribution in [0.5, 0.6) is 0 Å². The molecule has 20 heavy (non-hydrogen) atoms. The molecule has 1 aliphatic rings. The number of ether oxygens (including phenoxy) is 1. The van der Waals surface area contributed by atoms with Gasteiger partial charge < -0.3 is 10.1 Å². The van der Waals surface area contributed by atoms with Gasteiger partial charge in [0.25, 0.3) is 0 Å². The molecule has 114 valence electrons. The molecule has 1 aliphatic carbocycles. The van der Waals surface area contributed by atoms with E-state index in [1.54, 1.807) is 7.11 Å². The summed E-state index contributed by atoms with van der Waals surface area (Å²) in [5, 5.41) is 8.09. The molecule has 2 atom stereocenters. The third-order valence-corrected chi connectivity index (χ3v) is 4.39. The largest absolute Gasteiger partial charge is 0.383 e. The Kier molecular flexibility index (Phi) is 5.08. The molecular formula is C16H29N3O. The van der Waals surface area contributed by atoms with Crippen molar-refractivity contribution < 1.29 is 4.74 Å². The first-order valence-electron chi connectivity index (χ1n) is 7.78. The molecule has 2 rings (SSSR count). The van der Waals surface area contributed by atoms with Gasteiger partial charge in [0, 0.05) is 19.3 Å². The average molecular weight is 279 g/mol. The lowest BCUT2D eigenvalue weighted by atomic mass is 9.69. The van der Waals surface area contributed by atoms with Gasteiger partial charge in [-0.15, -0.1) is 0 Å². The Balaban J connectivity index is 1.98. The highest BCUT2D eigenvalue weighted by atomic mass is 16.5. The highest BCUT2D eigenvalue weighted by Gasteiger charge is 2.34. The number of hydrogen-bond donors (Lipinski definition) is 1. The van der Waals surface area contributed by atoms with E-state index in [0.717, 1.165) is 18.2 Å². The Bertz CT molecular complexity index is 408. The number of nitrogens with zero attached hydrogens (tertiary/aromatic N) is 2. The first-order valence-corrected chi connectivity index (χ1v) is 7.78. The van der Waals surface area contributed by atoms with Gasteiger partial charge in [-0.3, -0.25) is 4.68 Å². The Morgan fingerprint density at radius 2 is 2.10 bits per heavy atom. The molecule has 1 N–H and O–H groups in total. The second-order valence-electron chi connectivity index (χ2n) is 6.99. The van der Waals surface area contributed by atoms with Gasteiger partial charge in [0.1, 0.15) is 0 Å². The minimum atomic E-state index is 0.365. The van der Waals surface area contributed by atoms with Crippen molar-refractivity contribution in [3.8, 4) is 0 Å². The van der Waals surface area contributed by atoms with Gasteiger partial charge >= 0.3 is 0 Å². The van der Waals surface area contributed by atoms with E-state index in [2.05, 4.69) is 37.4 Å². The Labute approximate surface area is 122 Å². The number of hydrogen-bond acceptors (Lipinski definition) is 3. The molecule has 0 radical (unpaired) electrons. The van der Waals surface area contributed by atoms with Gasteiger partial charge in [0.2, 0.25) is 0 Å². The molecule has 0 spiro atoms. The van der Waals surface area contributed by atoms with Crippen LogP contribution in [-0.2, 0) is 11.3 Å². The van der Waals surface area contributed by atoms with Gasteiger partial charge in [-0.05, 0) is 24.2 Å². The van der Waals surface area contributed by atoms with Gasteiger partial charge in [-0.2, -0.15) is 5.10 Å². The van der Waals surface area contributed by atoms with Crippen molar-refractivity contribution in [3.63, 3.8) is 0 Å². The second-order valence-corrected chi connectivity index (χ2v) is 6.99. The SMILES string of the molecule is COCCn1cc(NC2CCCCC2C(C)(C)C)cn1. The van der Waals surface area contributed by atoms with E-state index in [4.69, 9.17) is 4.74 Å². The highest BCUT2D eigenvalue weighted by Crippen LogP contribution is 2.39. The van der Waals surface area contributed by atoms with Crippen molar-refractivity contribution in [1.29, 1.82) is 0 Å². The molecule has 1 aromatic heterocycles. The lowest BCUT2D eigenvalue weighted by molar-refractivity contribution is 0.163. The Morgan fingerprint density at radius 3 is 2.80 bits per heavy atom. The molecule has 1 heterocycles. The van der Waals surface area contributed by atoms with E-state index >= 15 is 0 Å². The van der Waals surface area contributed by atoms with Gasteiger partial charge in [-0.25, -0.2) is 0 Å². The molecule has 0 amide bonds. The summed E-state index contributed by atoms with van der Waals surface area (Å²) >= 11 is 0. The van der Waals surface area contributed by atoms with Crippen molar-refractivity contribution in [2.45, 2.75) is 59.0 Å². The van der Waals surface area contributed by atoms with Crippen LogP contribution in [0.25, 0.3) is 0 Å². The number of anilines is 1. The molecule has 2 unspecified atom stereocenters. The van der Waals surface area contributed by atoms with Gasteiger partial charge in [0.15, 0.2) is 0 Å². The lowest BCUT2D eigenvalue weighted by Gasteiger charge is -2.41. The maximum absolute atomic E-state index is 5.09. The molecule has 0 aliphatic heterocycles. The molecule has 4 nitrogen and oxygen atoms in total. The van der Waals surface area contributed by atoms with Crippen LogP contribution in [0.15, 0.2) is 12.4 Å². The first-order chi connectivity index (χ1) is 9.50. The average Bonchev–Trinajstić information content (AvgIpc) is 2.83. The van der Waals surface area contributed by atoms with Crippen molar-refractivity contribution in [3.05, 3.63) is 12.4 Å². The summed E-state index contributed by atoms with van der Waals surface area (Å²) in [6, 6.07) is 0.573. The fraction of sp³-hybridized carbons (Fsp3) is 0.812. The van der Waals surface area contributed by atoms with Crippen molar-refractivity contribution >= 4 is 5.69 Å². The number of rotatable bonds is 5. The summed E-state index contributed by atoms with van der Waals surface area (Å²) in [5.74, 6) is 0.735. The molecule has 0 aromatic carbocycles. The fourth-order valence-electron chi connectivity index (χ4n) is 3.30. The predicted molar refractivity (Wildman–Crippen MR) is 82.9 cm³/mol. The van der Waals surface area contributed by atoms with Crippen LogP contribution in [0.4, 0.5) is 5.69 Å². The van der Waals surface area contributed by atoms with Crippen LogP contribution in [0, 0.1) is 11.3 Å². The Morgan fingerprint density at radius 1 is 1.35 bits per heavy atom. The molecule has 1 saturated carbocycles. The quantitative estimate of drug-likeness (QED) is 0.896. The van der Waals surface area contributed by atoms with Gasteiger partial charge in [0.05, 0.1) is 25.0 Å². The van der Waals surface area contributed by atoms with Crippen LogP contribution in [0.2, 0.25) is 0 Å². The van der Waals surface area contributed by atoms with Crippen molar-refractivity contribution in [1.82, 2.24) is 9.78 Å². The summed E-state index contributed by atoms with van der Waals surface area (Å²) in [4.78, 5) is 0. The summed E-state index contributed by atoms with van der Waals surface area (Å²) in [5.41, 5.74) is 1.51. The van der Waals surface area contributed by atoms with Gasteiger partial charge in [-0.1, -0.05) is 33.6 Å². The lowest BCUT2D eigenvalue weighted by Crippen LogP contribution is -2.39. The zero-order valence-corrected chi connectivity index (χ0v) is 13.4. The van der Waals surface area contributed by atoms with Crippen molar-refractivity contribution in [2.75, 3.05) is 19.0 Å². The standard InChI is InChI=1S/C16H29N3O/c1-16(2,3)14-7-5-6-8-15(14)18-13-11-17-19(12-13)9-10-20-4/h11-12,14-15,18H,5-10H2,1-4H3.